The molecule has 0 saturated heterocycles. The van der Waals surface area contributed by atoms with Crippen LogP contribution in [0, 0.1) is 0 Å². The van der Waals surface area contributed by atoms with Gasteiger partial charge in [0, 0.05) is 19.7 Å². The minimum atomic E-state index is -3.80. The molecule has 0 saturated carbocycles. The molecule has 0 aliphatic carbocycles. The van der Waals surface area contributed by atoms with Crippen LogP contribution < -0.4 is 5.32 Å². The van der Waals surface area contributed by atoms with Crippen LogP contribution in [0.1, 0.15) is 17.3 Å². The van der Waals surface area contributed by atoms with Gasteiger partial charge in [0.2, 0.25) is 10.0 Å². The molecule has 0 radical (unpaired) electrons. The Balaban J connectivity index is 3.19. The maximum atomic E-state index is 12.1. The summed E-state index contributed by atoms with van der Waals surface area (Å²) in [6.07, 6.45) is 0. The molecule has 2 N–H and O–H groups in total. The van der Waals surface area contributed by atoms with Crippen molar-refractivity contribution >= 4 is 33.5 Å². The largest absolute Gasteiger partial charge is 0.480 e. The van der Waals surface area contributed by atoms with Crippen LogP contribution >= 0.6 is 11.6 Å². The molecule has 1 unspecified atom stereocenters. The number of nitrogens with zero attached hydrogens (tertiary/aromatic N) is 1. The molecule has 116 valence electrons. The van der Waals surface area contributed by atoms with E-state index in [9.17, 15) is 18.0 Å². The van der Waals surface area contributed by atoms with E-state index in [1.54, 1.807) is 0 Å². The SMILES string of the molecule is CC(NC(=O)c1ccc(Cl)c(S(=O)(=O)N(C)C)c1)C(=O)O. The van der Waals surface area contributed by atoms with Crippen molar-refractivity contribution in [1.29, 1.82) is 0 Å². The first kappa shape index (κ1) is 17.4. The molecule has 1 atom stereocenters. The number of aliphatic carboxylic acids is 1. The Morgan fingerprint density at radius 1 is 1.33 bits per heavy atom. The molecule has 1 amide bonds. The van der Waals surface area contributed by atoms with Crippen LogP contribution in [0.3, 0.4) is 0 Å². The van der Waals surface area contributed by atoms with E-state index >= 15 is 0 Å². The van der Waals surface area contributed by atoms with Gasteiger partial charge in [-0.15, -0.1) is 0 Å². The zero-order chi connectivity index (χ0) is 16.4. The highest BCUT2D eigenvalue weighted by Gasteiger charge is 2.23. The Kier molecular flexibility index (Phi) is 5.32. The Bertz CT molecular complexity index is 672. The average Bonchev–Trinajstić information content (AvgIpc) is 2.38. The van der Waals surface area contributed by atoms with Crippen LogP contribution in [0.4, 0.5) is 0 Å². The highest BCUT2D eigenvalue weighted by molar-refractivity contribution is 7.89. The standard InChI is InChI=1S/C12H15ClN2O5S/c1-7(12(17)18)14-11(16)8-4-5-9(13)10(6-8)21(19,20)15(2)3/h4-7H,1-3H3,(H,14,16)(H,17,18). The minimum absolute atomic E-state index is 0.00734. The minimum Gasteiger partial charge on any atom is -0.480 e. The predicted molar refractivity (Wildman–Crippen MR) is 76.9 cm³/mol. The molecule has 1 aromatic carbocycles. The van der Waals surface area contributed by atoms with Gasteiger partial charge in [0.25, 0.3) is 5.91 Å². The molecule has 1 aromatic rings. The fraction of sp³-hybridized carbons (Fsp3) is 0.333. The Morgan fingerprint density at radius 3 is 2.38 bits per heavy atom. The summed E-state index contributed by atoms with van der Waals surface area (Å²) in [5.74, 6) is -1.89. The summed E-state index contributed by atoms with van der Waals surface area (Å²) in [5, 5.41) is 11.0. The van der Waals surface area contributed by atoms with Crippen molar-refractivity contribution in [2.24, 2.45) is 0 Å². The number of carboxylic acid groups (broad SMARTS) is 1. The second-order valence-electron chi connectivity index (χ2n) is 4.47. The van der Waals surface area contributed by atoms with Crippen LogP contribution in [-0.2, 0) is 14.8 Å². The monoisotopic (exact) mass is 334 g/mol. The first-order valence-electron chi connectivity index (χ1n) is 5.83. The lowest BCUT2D eigenvalue weighted by atomic mass is 10.2. The van der Waals surface area contributed by atoms with E-state index in [-0.39, 0.29) is 15.5 Å². The van der Waals surface area contributed by atoms with Gasteiger partial charge in [-0.25, -0.2) is 12.7 Å². The van der Waals surface area contributed by atoms with Gasteiger partial charge in [0.1, 0.15) is 10.9 Å². The fourth-order valence-corrected chi connectivity index (χ4v) is 2.77. The summed E-state index contributed by atoms with van der Waals surface area (Å²) in [5.41, 5.74) is 0.00734. The first-order valence-corrected chi connectivity index (χ1v) is 7.65. The number of hydrogen-bond donors (Lipinski definition) is 2. The van der Waals surface area contributed by atoms with Crippen molar-refractivity contribution in [3.05, 3.63) is 28.8 Å². The van der Waals surface area contributed by atoms with E-state index in [0.29, 0.717) is 0 Å². The number of carbonyl (C=O) groups excluding carboxylic acids is 1. The number of halogens is 1. The second kappa shape index (κ2) is 6.42. The normalized spacial score (nSPS) is 13.0. The van der Waals surface area contributed by atoms with Crippen molar-refractivity contribution in [1.82, 2.24) is 9.62 Å². The van der Waals surface area contributed by atoms with Crippen molar-refractivity contribution in [3.63, 3.8) is 0 Å². The van der Waals surface area contributed by atoms with E-state index in [1.165, 1.54) is 33.2 Å². The molecule has 0 fully saturated rings. The average molecular weight is 335 g/mol. The smallest absolute Gasteiger partial charge is 0.325 e. The Morgan fingerprint density at radius 2 is 1.90 bits per heavy atom. The predicted octanol–water partition coefficient (Wildman–Crippen LogP) is 0.793. The highest BCUT2D eigenvalue weighted by atomic mass is 35.5. The number of carbonyl (C=O) groups is 2. The van der Waals surface area contributed by atoms with Gasteiger partial charge >= 0.3 is 5.97 Å². The molecule has 1 rings (SSSR count). The van der Waals surface area contributed by atoms with Gasteiger partial charge < -0.3 is 10.4 Å². The van der Waals surface area contributed by atoms with E-state index in [0.717, 1.165) is 10.4 Å². The molecule has 0 aliphatic rings. The number of amides is 1. The molecule has 7 nitrogen and oxygen atoms in total. The fourth-order valence-electron chi connectivity index (χ4n) is 1.38. The van der Waals surface area contributed by atoms with Gasteiger partial charge in [-0.1, -0.05) is 11.6 Å². The van der Waals surface area contributed by atoms with Gasteiger partial charge in [0.05, 0.1) is 5.02 Å². The maximum Gasteiger partial charge on any atom is 0.325 e. The van der Waals surface area contributed by atoms with Crippen LogP contribution in [0.2, 0.25) is 5.02 Å². The van der Waals surface area contributed by atoms with Gasteiger partial charge in [-0.05, 0) is 25.1 Å². The molecule has 0 aliphatic heterocycles. The van der Waals surface area contributed by atoms with Crippen molar-refractivity contribution in [2.75, 3.05) is 14.1 Å². The highest BCUT2D eigenvalue weighted by Crippen LogP contribution is 2.24. The summed E-state index contributed by atoms with van der Waals surface area (Å²) in [6.45, 7) is 1.30. The molecular weight excluding hydrogens is 320 g/mol. The maximum absolute atomic E-state index is 12.1. The number of sulfonamides is 1. The molecule has 0 aromatic heterocycles. The topological polar surface area (TPSA) is 104 Å². The van der Waals surface area contributed by atoms with Crippen LogP contribution in [0.5, 0.6) is 0 Å². The zero-order valence-corrected chi connectivity index (χ0v) is 13.2. The molecule has 21 heavy (non-hydrogen) atoms. The van der Waals surface area contributed by atoms with Crippen molar-refractivity contribution < 1.29 is 23.1 Å². The number of carboxylic acids is 1. The lowest BCUT2D eigenvalue weighted by molar-refractivity contribution is -0.138. The number of nitrogens with one attached hydrogen (secondary N) is 1. The third-order valence-electron chi connectivity index (χ3n) is 2.67. The van der Waals surface area contributed by atoms with Crippen LogP contribution in [0.25, 0.3) is 0 Å². The quantitative estimate of drug-likeness (QED) is 0.828. The van der Waals surface area contributed by atoms with Crippen LogP contribution in [0.15, 0.2) is 23.1 Å². The van der Waals surface area contributed by atoms with Gasteiger partial charge in [0.15, 0.2) is 0 Å². The summed E-state index contributed by atoms with van der Waals surface area (Å²) >= 11 is 5.85. The number of rotatable bonds is 5. The van der Waals surface area contributed by atoms with E-state index in [1.807, 2.05) is 0 Å². The third kappa shape index (κ3) is 3.93. The lowest BCUT2D eigenvalue weighted by Gasteiger charge is -2.14. The van der Waals surface area contributed by atoms with Crippen molar-refractivity contribution in [2.45, 2.75) is 17.9 Å². The molecule has 0 heterocycles. The van der Waals surface area contributed by atoms with Crippen molar-refractivity contribution in [3.8, 4) is 0 Å². The Hall–Kier alpha value is -1.64. The summed E-state index contributed by atoms with van der Waals surface area (Å²) in [6, 6.07) is 2.61. The summed E-state index contributed by atoms with van der Waals surface area (Å²) < 4.78 is 25.1. The summed E-state index contributed by atoms with van der Waals surface area (Å²) in [7, 11) is -1.13. The second-order valence-corrected chi connectivity index (χ2v) is 6.99. The van der Waals surface area contributed by atoms with E-state index < -0.39 is 27.9 Å². The summed E-state index contributed by atoms with van der Waals surface area (Å²) in [4.78, 5) is 22.4. The lowest BCUT2D eigenvalue weighted by Crippen LogP contribution is -2.38. The molecular formula is C12H15ClN2O5S. The Labute approximate surface area is 127 Å². The molecule has 0 spiro atoms. The van der Waals surface area contributed by atoms with Crippen LogP contribution in [-0.4, -0.2) is 49.8 Å². The van der Waals surface area contributed by atoms with Gasteiger partial charge in [-0.2, -0.15) is 0 Å². The van der Waals surface area contributed by atoms with E-state index in [2.05, 4.69) is 5.32 Å². The molecule has 9 heteroatoms. The third-order valence-corrected chi connectivity index (χ3v) is 4.97. The number of hydrogen-bond acceptors (Lipinski definition) is 4. The molecule has 0 bridgehead atoms. The zero-order valence-electron chi connectivity index (χ0n) is 11.6. The number of benzene rings is 1. The van der Waals surface area contributed by atoms with E-state index in [4.69, 9.17) is 16.7 Å². The first-order chi connectivity index (χ1) is 9.57. The van der Waals surface area contributed by atoms with Gasteiger partial charge in [-0.3, -0.25) is 9.59 Å².